The third-order valence-corrected chi connectivity index (χ3v) is 6.59. The molecule has 0 aliphatic carbocycles. The Balaban J connectivity index is 1.94. The standard InChI is InChI=1S/C20H18I2N2O2S/c1-4-24-19(25)17(11-13-9-15(21)18(26-3)16(22)10-13)27-20(24)23-14-7-5-12(2)6-8-14/h5-11H,4H2,1-3H3/b17-11+,23-20?. The molecule has 1 fully saturated rings. The zero-order valence-electron chi connectivity index (χ0n) is 15.1. The average Bonchev–Trinajstić information content (AvgIpc) is 2.91. The number of likely N-dealkylation sites (N-methyl/N-ethyl adjacent to an activating group) is 1. The van der Waals surface area contributed by atoms with E-state index < -0.39 is 0 Å². The second kappa shape index (κ2) is 8.95. The number of amidine groups is 1. The van der Waals surface area contributed by atoms with E-state index in [2.05, 4.69) is 50.2 Å². The van der Waals surface area contributed by atoms with Crippen molar-refractivity contribution in [2.45, 2.75) is 13.8 Å². The van der Waals surface area contributed by atoms with Crippen LogP contribution in [0.5, 0.6) is 5.75 Å². The van der Waals surface area contributed by atoms with Gasteiger partial charge in [-0.15, -0.1) is 0 Å². The van der Waals surface area contributed by atoms with E-state index >= 15 is 0 Å². The lowest BCUT2D eigenvalue weighted by atomic mass is 10.2. The van der Waals surface area contributed by atoms with E-state index in [0.29, 0.717) is 11.4 Å². The fourth-order valence-electron chi connectivity index (χ4n) is 2.61. The highest BCUT2D eigenvalue weighted by Gasteiger charge is 2.32. The van der Waals surface area contributed by atoms with Crippen molar-refractivity contribution in [3.05, 3.63) is 59.6 Å². The van der Waals surface area contributed by atoms with Gasteiger partial charge in [-0.2, -0.15) is 0 Å². The molecule has 1 aliphatic rings. The number of rotatable bonds is 4. The Bertz CT molecular complexity index is 916. The van der Waals surface area contributed by atoms with Crippen LogP contribution in [0.25, 0.3) is 6.08 Å². The molecule has 0 aromatic heterocycles. The normalized spacial score (nSPS) is 17.2. The number of benzene rings is 2. The molecular formula is C20H18I2N2O2S. The lowest BCUT2D eigenvalue weighted by molar-refractivity contribution is -0.122. The van der Waals surface area contributed by atoms with Gasteiger partial charge in [0.2, 0.25) is 0 Å². The van der Waals surface area contributed by atoms with Crippen molar-refractivity contribution in [2.24, 2.45) is 4.99 Å². The van der Waals surface area contributed by atoms with Crippen LogP contribution in [0.4, 0.5) is 5.69 Å². The predicted molar refractivity (Wildman–Crippen MR) is 130 cm³/mol. The van der Waals surface area contributed by atoms with Crippen LogP contribution < -0.4 is 4.74 Å². The van der Waals surface area contributed by atoms with Crippen LogP contribution in [-0.2, 0) is 4.79 Å². The number of carbonyl (C=O) groups is 1. The molecule has 2 aromatic carbocycles. The Kier molecular flexibility index (Phi) is 6.85. The summed E-state index contributed by atoms with van der Waals surface area (Å²) in [6.45, 7) is 4.60. The van der Waals surface area contributed by atoms with Crippen molar-refractivity contribution in [2.75, 3.05) is 13.7 Å². The van der Waals surface area contributed by atoms with Crippen molar-refractivity contribution < 1.29 is 9.53 Å². The summed E-state index contributed by atoms with van der Waals surface area (Å²) in [5.74, 6) is 0.856. The SMILES string of the molecule is CCN1C(=O)/C(=C\c2cc(I)c(OC)c(I)c2)SC1=Nc1ccc(C)cc1. The Morgan fingerprint density at radius 3 is 2.37 bits per heavy atom. The molecule has 0 atom stereocenters. The summed E-state index contributed by atoms with van der Waals surface area (Å²) in [5, 5.41) is 0.718. The number of nitrogens with zero attached hydrogens (tertiary/aromatic N) is 2. The van der Waals surface area contributed by atoms with E-state index in [0.717, 1.165) is 29.3 Å². The monoisotopic (exact) mass is 604 g/mol. The molecule has 7 heteroatoms. The highest BCUT2D eigenvalue weighted by atomic mass is 127. The predicted octanol–water partition coefficient (Wildman–Crippen LogP) is 5.84. The third-order valence-electron chi connectivity index (χ3n) is 3.99. The Morgan fingerprint density at radius 1 is 1.19 bits per heavy atom. The summed E-state index contributed by atoms with van der Waals surface area (Å²) >= 11 is 5.92. The summed E-state index contributed by atoms with van der Waals surface area (Å²) in [5.41, 5.74) is 3.02. The molecule has 3 rings (SSSR count). The summed E-state index contributed by atoms with van der Waals surface area (Å²) in [6.07, 6.45) is 1.93. The zero-order valence-corrected chi connectivity index (χ0v) is 20.3. The topological polar surface area (TPSA) is 41.9 Å². The van der Waals surface area contributed by atoms with Crippen molar-refractivity contribution >= 4 is 79.8 Å². The molecule has 1 aliphatic heterocycles. The first kappa shape index (κ1) is 20.7. The Labute approximate surface area is 190 Å². The first-order valence-electron chi connectivity index (χ1n) is 8.32. The summed E-state index contributed by atoms with van der Waals surface area (Å²) < 4.78 is 7.45. The molecule has 0 N–H and O–H groups in total. The number of ether oxygens (including phenoxy) is 1. The minimum atomic E-state index is -0.00537. The van der Waals surface area contributed by atoms with Gasteiger partial charge in [-0.1, -0.05) is 17.7 Å². The van der Waals surface area contributed by atoms with Crippen molar-refractivity contribution in [1.82, 2.24) is 4.90 Å². The van der Waals surface area contributed by atoms with E-state index in [1.807, 2.05) is 56.3 Å². The second-order valence-corrected chi connectivity index (χ2v) is 9.24. The van der Waals surface area contributed by atoms with E-state index in [1.165, 1.54) is 17.3 Å². The number of hydrogen-bond donors (Lipinski definition) is 0. The number of hydrogen-bond acceptors (Lipinski definition) is 4. The van der Waals surface area contributed by atoms with Crippen molar-refractivity contribution in [3.63, 3.8) is 0 Å². The molecule has 0 radical (unpaired) electrons. The van der Waals surface area contributed by atoms with Crippen LogP contribution >= 0.6 is 56.9 Å². The third kappa shape index (κ3) is 4.68. The maximum absolute atomic E-state index is 12.8. The number of methoxy groups -OCH3 is 1. The van der Waals surface area contributed by atoms with Gasteiger partial charge in [-0.25, -0.2) is 4.99 Å². The zero-order chi connectivity index (χ0) is 19.6. The molecule has 1 amide bonds. The maximum atomic E-state index is 12.8. The van der Waals surface area contributed by atoms with E-state index in [-0.39, 0.29) is 5.91 Å². The molecule has 2 aromatic rings. The van der Waals surface area contributed by atoms with E-state index in [9.17, 15) is 4.79 Å². The summed E-state index contributed by atoms with van der Waals surface area (Å²) in [6, 6.07) is 12.0. The molecule has 1 heterocycles. The molecule has 1 saturated heterocycles. The van der Waals surface area contributed by atoms with Crippen LogP contribution in [0, 0.1) is 14.1 Å². The van der Waals surface area contributed by atoms with Gasteiger partial charge in [0.15, 0.2) is 5.17 Å². The Morgan fingerprint density at radius 2 is 1.81 bits per heavy atom. The highest BCUT2D eigenvalue weighted by Crippen LogP contribution is 2.35. The summed E-state index contributed by atoms with van der Waals surface area (Å²) in [4.78, 5) is 19.9. The summed E-state index contributed by atoms with van der Waals surface area (Å²) in [7, 11) is 1.67. The minimum absolute atomic E-state index is 0.00537. The molecule has 140 valence electrons. The number of aryl methyl sites for hydroxylation is 1. The minimum Gasteiger partial charge on any atom is -0.495 e. The molecule has 0 spiro atoms. The van der Waals surface area contributed by atoms with Gasteiger partial charge in [0.25, 0.3) is 5.91 Å². The second-order valence-electron chi connectivity index (χ2n) is 5.91. The van der Waals surface area contributed by atoms with Crippen molar-refractivity contribution in [1.29, 1.82) is 0 Å². The molecular weight excluding hydrogens is 586 g/mol. The smallest absolute Gasteiger partial charge is 0.266 e. The number of halogens is 2. The molecule has 0 bridgehead atoms. The van der Waals surface area contributed by atoms with Crippen LogP contribution in [0.3, 0.4) is 0 Å². The van der Waals surface area contributed by atoms with Crippen LogP contribution in [0.2, 0.25) is 0 Å². The van der Waals surface area contributed by atoms with Gasteiger partial charge in [0.05, 0.1) is 24.8 Å². The van der Waals surface area contributed by atoms with Crippen LogP contribution in [0.1, 0.15) is 18.1 Å². The number of amides is 1. The number of carbonyl (C=O) groups excluding carboxylic acids is 1. The van der Waals surface area contributed by atoms with E-state index in [4.69, 9.17) is 4.74 Å². The quantitative estimate of drug-likeness (QED) is 0.326. The van der Waals surface area contributed by atoms with Gasteiger partial charge in [-0.3, -0.25) is 9.69 Å². The van der Waals surface area contributed by atoms with Gasteiger partial charge >= 0.3 is 0 Å². The van der Waals surface area contributed by atoms with Gasteiger partial charge in [0.1, 0.15) is 5.75 Å². The Hall–Kier alpha value is -1.07. The van der Waals surface area contributed by atoms with Gasteiger partial charge in [-0.05, 0) is 107 Å². The van der Waals surface area contributed by atoms with Gasteiger partial charge in [0, 0.05) is 6.54 Å². The largest absolute Gasteiger partial charge is 0.495 e. The van der Waals surface area contributed by atoms with Crippen LogP contribution in [-0.4, -0.2) is 29.6 Å². The van der Waals surface area contributed by atoms with Crippen molar-refractivity contribution in [3.8, 4) is 5.75 Å². The fraction of sp³-hybridized carbons (Fsp3) is 0.200. The number of aliphatic imine (C=N–C) groups is 1. The molecule has 4 nitrogen and oxygen atoms in total. The highest BCUT2D eigenvalue weighted by molar-refractivity contribution is 14.1. The van der Waals surface area contributed by atoms with Crippen LogP contribution in [0.15, 0.2) is 46.3 Å². The number of thioether (sulfide) groups is 1. The molecule has 27 heavy (non-hydrogen) atoms. The lowest BCUT2D eigenvalue weighted by Crippen LogP contribution is -2.28. The first-order chi connectivity index (χ1) is 12.9. The average molecular weight is 604 g/mol. The van der Waals surface area contributed by atoms with E-state index in [1.54, 1.807) is 12.0 Å². The molecule has 0 unspecified atom stereocenters. The molecule has 0 saturated carbocycles. The lowest BCUT2D eigenvalue weighted by Gasteiger charge is -2.12. The first-order valence-corrected chi connectivity index (χ1v) is 11.3. The fourth-order valence-corrected chi connectivity index (χ4v) is 5.93. The maximum Gasteiger partial charge on any atom is 0.266 e. The van der Waals surface area contributed by atoms with Gasteiger partial charge < -0.3 is 4.74 Å².